The van der Waals surface area contributed by atoms with E-state index in [4.69, 9.17) is 14.5 Å². The molecule has 1 aliphatic rings. The summed E-state index contributed by atoms with van der Waals surface area (Å²) >= 11 is 1.61. The molecule has 0 bridgehead atoms. The number of nitriles is 1. The lowest BCUT2D eigenvalue weighted by Gasteiger charge is -2.27. The van der Waals surface area contributed by atoms with Crippen molar-refractivity contribution in [2.75, 3.05) is 58.1 Å². The summed E-state index contributed by atoms with van der Waals surface area (Å²) in [5, 5.41) is 21.3. The first-order chi connectivity index (χ1) is 16.9. The van der Waals surface area contributed by atoms with Crippen LogP contribution >= 0.6 is 11.8 Å². The van der Waals surface area contributed by atoms with Crippen LogP contribution in [-0.4, -0.2) is 68.2 Å². The lowest BCUT2D eigenvalue weighted by molar-refractivity contribution is 0.279. The van der Waals surface area contributed by atoms with Crippen LogP contribution in [0.2, 0.25) is 0 Å². The van der Waals surface area contributed by atoms with Crippen molar-refractivity contribution in [2.45, 2.75) is 44.7 Å². The summed E-state index contributed by atoms with van der Waals surface area (Å²) in [7, 11) is 5.41. The van der Waals surface area contributed by atoms with E-state index in [-0.39, 0.29) is 6.61 Å². The third-order valence-electron chi connectivity index (χ3n) is 6.34. The number of aliphatic hydroxyl groups is 1. The second kappa shape index (κ2) is 13.0. The van der Waals surface area contributed by atoms with E-state index in [1.807, 2.05) is 18.2 Å². The van der Waals surface area contributed by atoms with Gasteiger partial charge >= 0.3 is 0 Å². The third kappa shape index (κ3) is 6.81. The Kier molecular flexibility index (Phi) is 10.1. The number of hydrogen-bond acceptors (Lipinski definition) is 8. The van der Waals surface area contributed by atoms with Crippen molar-refractivity contribution in [3.8, 4) is 17.6 Å². The number of pyridine rings is 1. The van der Waals surface area contributed by atoms with E-state index in [1.165, 1.54) is 0 Å². The zero-order chi connectivity index (χ0) is 25.4. The van der Waals surface area contributed by atoms with E-state index in [1.54, 1.807) is 26.0 Å². The van der Waals surface area contributed by atoms with Crippen LogP contribution in [0.3, 0.4) is 0 Å². The van der Waals surface area contributed by atoms with Gasteiger partial charge < -0.3 is 24.4 Å². The summed E-state index contributed by atoms with van der Waals surface area (Å²) < 4.78 is 10.8. The van der Waals surface area contributed by atoms with E-state index >= 15 is 0 Å². The largest absolute Gasteiger partial charge is 0.493 e. The highest BCUT2D eigenvalue weighted by Gasteiger charge is 2.24. The van der Waals surface area contributed by atoms with Crippen molar-refractivity contribution in [1.82, 2.24) is 9.88 Å². The second-order valence-electron chi connectivity index (χ2n) is 9.37. The van der Waals surface area contributed by atoms with Gasteiger partial charge in [-0.05, 0) is 62.0 Å². The minimum atomic E-state index is -0.109. The second-order valence-corrected chi connectivity index (χ2v) is 10.5. The van der Waals surface area contributed by atoms with Crippen LogP contribution in [-0.2, 0) is 19.4 Å². The maximum atomic E-state index is 10.4. The smallest absolute Gasteiger partial charge is 0.160 e. The number of nitrogens with zero attached hydrogens (tertiary/aromatic N) is 4. The molecule has 1 aliphatic heterocycles. The van der Waals surface area contributed by atoms with Gasteiger partial charge in [0.15, 0.2) is 11.5 Å². The average molecular weight is 499 g/mol. The molecule has 2 aromatic rings. The highest BCUT2D eigenvalue weighted by molar-refractivity contribution is 7.99. The summed E-state index contributed by atoms with van der Waals surface area (Å²) in [5.74, 6) is 3.40. The van der Waals surface area contributed by atoms with Crippen LogP contribution in [0.25, 0.3) is 0 Å². The van der Waals surface area contributed by atoms with Gasteiger partial charge in [-0.1, -0.05) is 19.9 Å². The van der Waals surface area contributed by atoms with Gasteiger partial charge in [0.25, 0.3) is 0 Å². The Morgan fingerprint density at radius 2 is 1.89 bits per heavy atom. The molecule has 190 valence electrons. The molecule has 0 radical (unpaired) electrons. The minimum Gasteiger partial charge on any atom is -0.493 e. The Morgan fingerprint density at radius 3 is 2.54 bits per heavy atom. The van der Waals surface area contributed by atoms with Crippen LogP contribution in [0.5, 0.6) is 11.5 Å². The predicted octanol–water partition coefficient (Wildman–Crippen LogP) is 4.14. The fourth-order valence-corrected chi connectivity index (χ4v) is 5.47. The first kappa shape index (κ1) is 27.1. The summed E-state index contributed by atoms with van der Waals surface area (Å²) in [4.78, 5) is 9.63. The van der Waals surface area contributed by atoms with E-state index in [9.17, 15) is 10.4 Å². The number of anilines is 1. The number of methoxy groups -OCH3 is 2. The lowest BCUT2D eigenvalue weighted by atomic mass is 9.95. The van der Waals surface area contributed by atoms with E-state index in [0.29, 0.717) is 23.0 Å². The van der Waals surface area contributed by atoms with Crippen LogP contribution in [0.15, 0.2) is 23.2 Å². The minimum absolute atomic E-state index is 0.109. The highest BCUT2D eigenvalue weighted by Crippen LogP contribution is 2.35. The Balaban J connectivity index is 1.92. The molecule has 0 unspecified atom stereocenters. The molecule has 0 spiro atoms. The zero-order valence-electron chi connectivity index (χ0n) is 21.6. The maximum Gasteiger partial charge on any atom is 0.160 e. The molecule has 1 aromatic heterocycles. The first-order valence-corrected chi connectivity index (χ1v) is 13.2. The predicted molar refractivity (Wildman–Crippen MR) is 142 cm³/mol. The molecule has 7 nitrogen and oxygen atoms in total. The van der Waals surface area contributed by atoms with Gasteiger partial charge in [-0.3, -0.25) is 0 Å². The summed E-state index contributed by atoms with van der Waals surface area (Å²) in [6.07, 6.45) is 2.60. The molecular formula is C27H38N4O3S. The van der Waals surface area contributed by atoms with Gasteiger partial charge in [0.05, 0.1) is 26.4 Å². The van der Waals surface area contributed by atoms with Crippen molar-refractivity contribution in [3.05, 3.63) is 40.5 Å². The van der Waals surface area contributed by atoms with Crippen molar-refractivity contribution < 1.29 is 14.6 Å². The van der Waals surface area contributed by atoms with Gasteiger partial charge in [0.2, 0.25) is 0 Å². The van der Waals surface area contributed by atoms with E-state index in [2.05, 4.69) is 36.8 Å². The number of likely N-dealkylation sites (N-methyl/N-ethyl adjacent to an activating group) is 1. The number of aliphatic hydroxyl groups excluding tert-OH is 1. The monoisotopic (exact) mass is 498 g/mol. The number of benzene rings is 1. The van der Waals surface area contributed by atoms with Crippen molar-refractivity contribution >= 4 is 17.6 Å². The number of aromatic nitrogens is 1. The van der Waals surface area contributed by atoms with Gasteiger partial charge in [-0.15, -0.1) is 11.8 Å². The highest BCUT2D eigenvalue weighted by atomic mass is 32.2. The molecule has 0 amide bonds. The molecule has 1 saturated heterocycles. The number of rotatable bonds is 10. The fraction of sp³-hybridized carbons (Fsp3) is 0.556. The number of thioether (sulfide) groups is 1. The number of hydrogen-bond donors (Lipinski definition) is 1. The van der Waals surface area contributed by atoms with Crippen LogP contribution in [0.1, 0.15) is 42.5 Å². The molecule has 0 saturated carbocycles. The van der Waals surface area contributed by atoms with E-state index in [0.717, 1.165) is 78.7 Å². The molecule has 8 heteroatoms. The van der Waals surface area contributed by atoms with E-state index < -0.39 is 0 Å². The quantitative estimate of drug-likeness (QED) is 0.490. The Labute approximate surface area is 214 Å². The standard InChI is InChI=1S/C27H38N4O3S/c1-19(2)15-21-22(17-28)27(35-14-9-20-7-8-24(33-4)25(16-20)34-5)29-26(23(21)18-32)31-11-6-10-30(3)12-13-31/h7-8,16,19,32H,6,9-15,18H2,1-5H3. The van der Waals surface area contributed by atoms with Gasteiger partial charge in [0, 0.05) is 31.0 Å². The fourth-order valence-electron chi connectivity index (χ4n) is 4.48. The van der Waals surface area contributed by atoms with Crippen LogP contribution in [0, 0.1) is 17.2 Å². The molecule has 2 heterocycles. The average Bonchev–Trinajstić information content (AvgIpc) is 3.07. The molecular weight excluding hydrogens is 460 g/mol. The SMILES string of the molecule is COc1ccc(CCSc2nc(N3CCCN(C)CC3)c(CO)c(CC(C)C)c2C#N)cc1OC. The Bertz CT molecular complexity index is 1040. The topological polar surface area (TPSA) is 81.9 Å². The molecule has 1 N–H and O–H groups in total. The molecule has 1 fully saturated rings. The third-order valence-corrected chi connectivity index (χ3v) is 7.31. The zero-order valence-corrected chi connectivity index (χ0v) is 22.5. The van der Waals surface area contributed by atoms with Crippen LogP contribution < -0.4 is 14.4 Å². The van der Waals surface area contributed by atoms with Gasteiger partial charge in [0.1, 0.15) is 16.9 Å². The molecule has 0 aliphatic carbocycles. The lowest BCUT2D eigenvalue weighted by Crippen LogP contribution is -2.31. The van der Waals surface area contributed by atoms with Crippen molar-refractivity contribution in [3.63, 3.8) is 0 Å². The summed E-state index contributed by atoms with van der Waals surface area (Å²) in [6.45, 7) is 7.94. The molecule has 35 heavy (non-hydrogen) atoms. The maximum absolute atomic E-state index is 10.4. The summed E-state index contributed by atoms with van der Waals surface area (Å²) in [5.41, 5.74) is 3.50. The van der Waals surface area contributed by atoms with Crippen molar-refractivity contribution in [2.24, 2.45) is 5.92 Å². The number of aryl methyl sites for hydroxylation is 1. The normalized spacial score (nSPS) is 14.6. The Hall–Kier alpha value is -2.47. The molecule has 0 atom stereocenters. The molecule has 1 aromatic carbocycles. The van der Waals surface area contributed by atoms with Gasteiger partial charge in [-0.2, -0.15) is 5.26 Å². The van der Waals surface area contributed by atoms with Crippen molar-refractivity contribution in [1.29, 1.82) is 5.26 Å². The Morgan fingerprint density at radius 1 is 1.11 bits per heavy atom. The van der Waals surface area contributed by atoms with Gasteiger partial charge in [-0.25, -0.2) is 4.98 Å². The summed E-state index contributed by atoms with van der Waals surface area (Å²) in [6, 6.07) is 8.37. The number of ether oxygens (including phenoxy) is 2. The molecule has 3 rings (SSSR count). The van der Waals surface area contributed by atoms with Crippen LogP contribution in [0.4, 0.5) is 5.82 Å². The first-order valence-electron chi connectivity index (χ1n) is 12.3.